The van der Waals surface area contributed by atoms with E-state index in [1.54, 1.807) is 0 Å². The van der Waals surface area contributed by atoms with Crippen molar-refractivity contribution >= 4 is 0 Å². The first kappa shape index (κ1) is 12.3. The summed E-state index contributed by atoms with van der Waals surface area (Å²) in [5, 5.41) is 3.47. The molecule has 0 saturated carbocycles. The van der Waals surface area contributed by atoms with Crippen molar-refractivity contribution in [3.63, 3.8) is 0 Å². The molecule has 0 spiro atoms. The van der Waals surface area contributed by atoms with E-state index in [4.69, 9.17) is 0 Å². The van der Waals surface area contributed by atoms with Gasteiger partial charge in [0.15, 0.2) is 0 Å². The molecule has 0 aliphatic carbocycles. The van der Waals surface area contributed by atoms with Crippen LogP contribution in [0.2, 0.25) is 0 Å². The lowest BCUT2D eigenvalue weighted by molar-refractivity contribution is 0.510. The van der Waals surface area contributed by atoms with Crippen molar-refractivity contribution in [3.05, 3.63) is 35.4 Å². The second-order valence-electron chi connectivity index (χ2n) is 4.44. The van der Waals surface area contributed by atoms with E-state index >= 15 is 0 Å². The van der Waals surface area contributed by atoms with Gasteiger partial charge in [-0.3, -0.25) is 0 Å². The Hall–Kier alpha value is -0.820. The van der Waals surface area contributed by atoms with Crippen LogP contribution in [-0.2, 0) is 6.42 Å². The van der Waals surface area contributed by atoms with Gasteiger partial charge in [0.1, 0.15) is 0 Å². The molecule has 0 bridgehead atoms. The highest BCUT2D eigenvalue weighted by atomic mass is 14.8. The van der Waals surface area contributed by atoms with Crippen LogP contribution < -0.4 is 5.32 Å². The first-order chi connectivity index (χ1) is 7.24. The van der Waals surface area contributed by atoms with E-state index in [2.05, 4.69) is 50.4 Å². The van der Waals surface area contributed by atoms with Crippen molar-refractivity contribution in [2.75, 3.05) is 13.1 Å². The van der Waals surface area contributed by atoms with Gasteiger partial charge in [-0.2, -0.15) is 0 Å². The molecule has 1 unspecified atom stereocenters. The van der Waals surface area contributed by atoms with Gasteiger partial charge in [-0.05, 0) is 49.9 Å². The Morgan fingerprint density at radius 2 is 2.00 bits per heavy atom. The highest BCUT2D eigenvalue weighted by molar-refractivity contribution is 5.25. The Morgan fingerprint density at radius 1 is 1.27 bits per heavy atom. The molecule has 1 N–H and O–H groups in total. The van der Waals surface area contributed by atoms with Gasteiger partial charge in [-0.1, -0.05) is 38.1 Å². The lowest BCUT2D eigenvalue weighted by atomic mass is 9.97. The van der Waals surface area contributed by atoms with E-state index in [9.17, 15) is 0 Å². The molecule has 1 heteroatoms. The van der Waals surface area contributed by atoms with Crippen LogP contribution in [0.25, 0.3) is 0 Å². The van der Waals surface area contributed by atoms with Gasteiger partial charge >= 0.3 is 0 Å². The van der Waals surface area contributed by atoms with Crippen molar-refractivity contribution < 1.29 is 0 Å². The highest BCUT2D eigenvalue weighted by Gasteiger charge is 2.04. The van der Waals surface area contributed by atoms with Gasteiger partial charge in [0.25, 0.3) is 0 Å². The Labute approximate surface area is 93.9 Å². The van der Waals surface area contributed by atoms with Gasteiger partial charge in [0, 0.05) is 0 Å². The minimum absolute atomic E-state index is 0.720. The number of hydrogen-bond acceptors (Lipinski definition) is 1. The summed E-state index contributed by atoms with van der Waals surface area (Å²) in [6.45, 7) is 8.98. The molecule has 0 radical (unpaired) electrons. The normalized spacial score (nSPS) is 12.7. The maximum atomic E-state index is 3.47. The van der Waals surface area contributed by atoms with Crippen molar-refractivity contribution in [2.45, 2.75) is 33.6 Å². The minimum Gasteiger partial charge on any atom is -0.316 e. The maximum absolute atomic E-state index is 3.47. The molecule has 0 aromatic heterocycles. The average molecular weight is 205 g/mol. The number of nitrogens with one attached hydrogen (secondary N) is 1. The summed E-state index contributed by atoms with van der Waals surface area (Å²) in [6.07, 6.45) is 2.40. The molecule has 15 heavy (non-hydrogen) atoms. The van der Waals surface area contributed by atoms with Gasteiger partial charge in [-0.15, -0.1) is 0 Å². The van der Waals surface area contributed by atoms with E-state index in [1.165, 1.54) is 24.0 Å². The van der Waals surface area contributed by atoms with Crippen LogP contribution in [0.5, 0.6) is 0 Å². The zero-order valence-corrected chi connectivity index (χ0v) is 10.2. The number of aryl methyl sites for hydroxylation is 1. The quantitative estimate of drug-likeness (QED) is 0.703. The summed E-state index contributed by atoms with van der Waals surface area (Å²) in [7, 11) is 0. The lowest BCUT2D eigenvalue weighted by Crippen LogP contribution is -2.23. The molecular formula is C14H23N. The molecule has 1 rings (SSSR count). The molecule has 0 heterocycles. The lowest BCUT2D eigenvalue weighted by Gasteiger charge is -2.13. The molecule has 1 atom stereocenters. The van der Waals surface area contributed by atoms with Crippen molar-refractivity contribution in [1.29, 1.82) is 0 Å². The van der Waals surface area contributed by atoms with Crippen molar-refractivity contribution in [1.82, 2.24) is 5.32 Å². The first-order valence-electron chi connectivity index (χ1n) is 5.99. The molecular weight excluding hydrogens is 182 g/mol. The summed E-state index contributed by atoms with van der Waals surface area (Å²) in [4.78, 5) is 0. The smallest absolute Gasteiger partial charge is 0.00200 e. The predicted octanol–water partition coefficient (Wildman–Crippen LogP) is 3.17. The third-order valence-corrected chi connectivity index (χ3v) is 2.75. The molecule has 1 aromatic carbocycles. The monoisotopic (exact) mass is 205 g/mol. The summed E-state index contributed by atoms with van der Waals surface area (Å²) in [6, 6.07) is 8.68. The van der Waals surface area contributed by atoms with Crippen LogP contribution in [0.3, 0.4) is 0 Å². The van der Waals surface area contributed by atoms with Crippen LogP contribution in [0.1, 0.15) is 31.4 Å². The predicted molar refractivity (Wildman–Crippen MR) is 67.2 cm³/mol. The summed E-state index contributed by atoms with van der Waals surface area (Å²) in [5.74, 6) is 0.720. The second-order valence-corrected chi connectivity index (χ2v) is 4.44. The molecule has 1 aromatic rings. The van der Waals surface area contributed by atoms with Crippen LogP contribution in [0.4, 0.5) is 0 Å². The number of benzene rings is 1. The molecule has 0 amide bonds. The summed E-state index contributed by atoms with van der Waals surface area (Å²) >= 11 is 0. The van der Waals surface area contributed by atoms with Gasteiger partial charge in [0.05, 0.1) is 0 Å². The van der Waals surface area contributed by atoms with Crippen LogP contribution >= 0.6 is 0 Å². The molecule has 0 fully saturated rings. The van der Waals surface area contributed by atoms with Crippen molar-refractivity contribution in [2.24, 2.45) is 5.92 Å². The van der Waals surface area contributed by atoms with Crippen LogP contribution in [0, 0.1) is 12.8 Å². The fourth-order valence-electron chi connectivity index (χ4n) is 1.81. The largest absolute Gasteiger partial charge is 0.316 e. The van der Waals surface area contributed by atoms with E-state index < -0.39 is 0 Å². The fourth-order valence-corrected chi connectivity index (χ4v) is 1.81. The van der Waals surface area contributed by atoms with Crippen LogP contribution in [-0.4, -0.2) is 13.1 Å². The minimum atomic E-state index is 0.720. The second kappa shape index (κ2) is 6.62. The highest BCUT2D eigenvalue weighted by Crippen LogP contribution is 2.12. The Balaban J connectivity index is 2.37. The van der Waals surface area contributed by atoms with Gasteiger partial charge in [-0.25, -0.2) is 0 Å². The fraction of sp³-hybridized carbons (Fsp3) is 0.571. The number of rotatable bonds is 6. The van der Waals surface area contributed by atoms with Crippen molar-refractivity contribution in [3.8, 4) is 0 Å². The standard InChI is InChI=1S/C14H23N/c1-4-9-15-11-12(2)10-14-8-6-5-7-13(14)3/h5-8,12,15H,4,9-11H2,1-3H3. The third-order valence-electron chi connectivity index (χ3n) is 2.75. The molecule has 0 aliphatic heterocycles. The van der Waals surface area contributed by atoms with E-state index in [0.717, 1.165) is 19.0 Å². The van der Waals surface area contributed by atoms with E-state index in [-0.39, 0.29) is 0 Å². The first-order valence-corrected chi connectivity index (χ1v) is 5.99. The van der Waals surface area contributed by atoms with E-state index in [1.807, 2.05) is 0 Å². The van der Waals surface area contributed by atoms with Crippen LogP contribution in [0.15, 0.2) is 24.3 Å². The molecule has 84 valence electrons. The molecule has 1 nitrogen and oxygen atoms in total. The van der Waals surface area contributed by atoms with E-state index in [0.29, 0.717) is 0 Å². The van der Waals surface area contributed by atoms with Gasteiger partial charge in [0.2, 0.25) is 0 Å². The summed E-state index contributed by atoms with van der Waals surface area (Å²) < 4.78 is 0. The van der Waals surface area contributed by atoms with Gasteiger partial charge < -0.3 is 5.32 Å². The zero-order chi connectivity index (χ0) is 11.1. The third kappa shape index (κ3) is 4.48. The molecule has 0 saturated heterocycles. The maximum Gasteiger partial charge on any atom is -0.00200 e. The summed E-state index contributed by atoms with van der Waals surface area (Å²) in [5.41, 5.74) is 2.91. The SMILES string of the molecule is CCCNCC(C)Cc1ccccc1C. The Morgan fingerprint density at radius 3 is 2.67 bits per heavy atom. The molecule has 0 aliphatic rings. The topological polar surface area (TPSA) is 12.0 Å². The average Bonchev–Trinajstić information content (AvgIpc) is 2.22. The number of hydrogen-bond donors (Lipinski definition) is 1. The Kier molecular flexibility index (Phi) is 5.41. The Bertz CT molecular complexity index is 280. The zero-order valence-electron chi connectivity index (χ0n) is 10.2.